The first kappa shape index (κ1) is 23.0. The van der Waals surface area contributed by atoms with E-state index >= 15 is 0 Å². The number of carbonyl (C=O) groups excluding carboxylic acids is 3. The monoisotopic (exact) mass is 457 g/mol. The van der Waals surface area contributed by atoms with Crippen LogP contribution in [0.5, 0.6) is 5.75 Å². The van der Waals surface area contributed by atoms with Gasteiger partial charge in [-0.05, 0) is 73.5 Å². The number of methoxy groups -OCH3 is 1. The van der Waals surface area contributed by atoms with Crippen LogP contribution in [0.25, 0.3) is 0 Å². The lowest BCUT2D eigenvalue weighted by atomic mass is 9.88. The number of nitrogens with two attached hydrogens (primary N) is 1. The molecule has 3 aromatic rings. The molecule has 1 aliphatic heterocycles. The molecule has 0 saturated carbocycles. The molecule has 3 amide bonds. The summed E-state index contributed by atoms with van der Waals surface area (Å²) in [6, 6.07) is 21.3. The largest absolute Gasteiger partial charge is 0.497 e. The summed E-state index contributed by atoms with van der Waals surface area (Å²) in [5.74, 6) is -0.367. The van der Waals surface area contributed by atoms with E-state index in [0.717, 1.165) is 11.3 Å². The van der Waals surface area contributed by atoms with Crippen molar-refractivity contribution in [1.82, 2.24) is 0 Å². The molecule has 4 rings (SSSR count). The standard InChI is InChI=1S/C27H27N3O4/c1-3-29(20-12-8-18(9-13-20)25(28)31)27(33)23-16-17-30(24-7-5-4-6-22(23)24)26(32)19-10-14-21(34-2)15-11-19/h4-15,23H,3,16-17H2,1-2H3,(H2,28,31)/t23-/m0/s1. The fraction of sp³-hybridized carbons (Fsp3) is 0.222. The molecular weight excluding hydrogens is 430 g/mol. The van der Waals surface area contributed by atoms with E-state index in [0.29, 0.717) is 42.1 Å². The molecule has 7 nitrogen and oxygen atoms in total. The Morgan fingerprint density at radius 3 is 2.24 bits per heavy atom. The maximum atomic E-state index is 13.6. The third kappa shape index (κ3) is 4.37. The number of hydrogen-bond donors (Lipinski definition) is 1. The second-order valence-electron chi connectivity index (χ2n) is 8.08. The van der Waals surface area contributed by atoms with Gasteiger partial charge in [-0.1, -0.05) is 18.2 Å². The van der Waals surface area contributed by atoms with Crippen molar-refractivity contribution < 1.29 is 19.1 Å². The van der Waals surface area contributed by atoms with Gasteiger partial charge in [0.05, 0.1) is 13.0 Å². The topological polar surface area (TPSA) is 92.9 Å². The number of primary amides is 1. The molecule has 0 saturated heterocycles. The van der Waals surface area contributed by atoms with Gasteiger partial charge in [-0.25, -0.2) is 0 Å². The molecule has 1 heterocycles. The predicted octanol–water partition coefficient (Wildman–Crippen LogP) is 3.98. The number of rotatable bonds is 6. The summed E-state index contributed by atoms with van der Waals surface area (Å²) < 4.78 is 5.19. The van der Waals surface area contributed by atoms with Crippen LogP contribution in [-0.2, 0) is 4.79 Å². The van der Waals surface area contributed by atoms with Gasteiger partial charge in [0.15, 0.2) is 0 Å². The van der Waals surface area contributed by atoms with Crippen molar-refractivity contribution in [1.29, 1.82) is 0 Å². The molecule has 0 spiro atoms. The van der Waals surface area contributed by atoms with E-state index in [9.17, 15) is 14.4 Å². The van der Waals surface area contributed by atoms with Gasteiger partial charge in [-0.3, -0.25) is 14.4 Å². The van der Waals surface area contributed by atoms with Crippen LogP contribution in [-0.4, -0.2) is 37.9 Å². The summed E-state index contributed by atoms with van der Waals surface area (Å²) in [5.41, 5.74) is 8.56. The van der Waals surface area contributed by atoms with Gasteiger partial charge in [-0.2, -0.15) is 0 Å². The number of carbonyl (C=O) groups is 3. The summed E-state index contributed by atoms with van der Waals surface area (Å²) in [5, 5.41) is 0. The van der Waals surface area contributed by atoms with Crippen LogP contribution in [0, 0.1) is 0 Å². The molecule has 0 aromatic heterocycles. The molecule has 0 aliphatic carbocycles. The third-order valence-corrected chi connectivity index (χ3v) is 6.17. The van der Waals surface area contributed by atoms with Crippen molar-refractivity contribution in [3.8, 4) is 5.75 Å². The zero-order valence-corrected chi connectivity index (χ0v) is 19.2. The highest BCUT2D eigenvalue weighted by Gasteiger charge is 2.35. The Hall–Kier alpha value is -4.13. The second kappa shape index (κ2) is 9.79. The van der Waals surface area contributed by atoms with Crippen LogP contribution in [0.4, 0.5) is 11.4 Å². The van der Waals surface area contributed by atoms with E-state index in [2.05, 4.69) is 0 Å². The average molecular weight is 458 g/mol. The fourth-order valence-corrected chi connectivity index (χ4v) is 4.38. The minimum absolute atomic E-state index is 0.0432. The van der Waals surface area contributed by atoms with E-state index in [4.69, 9.17) is 10.5 Å². The molecule has 0 radical (unpaired) electrons. The van der Waals surface area contributed by atoms with Crippen molar-refractivity contribution in [2.24, 2.45) is 5.73 Å². The van der Waals surface area contributed by atoms with Crippen molar-refractivity contribution >= 4 is 29.1 Å². The first-order valence-electron chi connectivity index (χ1n) is 11.2. The normalized spacial score (nSPS) is 14.8. The summed E-state index contributed by atoms with van der Waals surface area (Å²) in [7, 11) is 1.58. The number of hydrogen-bond acceptors (Lipinski definition) is 4. The highest BCUT2D eigenvalue weighted by Crippen LogP contribution is 2.38. The third-order valence-electron chi connectivity index (χ3n) is 6.17. The summed E-state index contributed by atoms with van der Waals surface area (Å²) in [6.07, 6.45) is 0.508. The van der Waals surface area contributed by atoms with E-state index in [1.54, 1.807) is 65.4 Å². The minimum atomic E-state index is -0.510. The molecule has 34 heavy (non-hydrogen) atoms. The van der Waals surface area contributed by atoms with Crippen LogP contribution < -0.4 is 20.3 Å². The minimum Gasteiger partial charge on any atom is -0.497 e. The Morgan fingerprint density at radius 1 is 0.971 bits per heavy atom. The lowest BCUT2D eigenvalue weighted by Crippen LogP contribution is -2.42. The van der Waals surface area contributed by atoms with Gasteiger partial charge < -0.3 is 20.3 Å². The molecule has 174 valence electrons. The molecule has 3 aromatic carbocycles. The van der Waals surface area contributed by atoms with Crippen molar-refractivity contribution in [2.45, 2.75) is 19.3 Å². The quantitative estimate of drug-likeness (QED) is 0.606. The maximum Gasteiger partial charge on any atom is 0.258 e. The van der Waals surface area contributed by atoms with E-state index < -0.39 is 5.91 Å². The van der Waals surface area contributed by atoms with Crippen LogP contribution in [0.15, 0.2) is 72.8 Å². The summed E-state index contributed by atoms with van der Waals surface area (Å²) in [4.78, 5) is 41.8. The smallest absolute Gasteiger partial charge is 0.258 e. The lowest BCUT2D eigenvalue weighted by Gasteiger charge is -2.36. The fourth-order valence-electron chi connectivity index (χ4n) is 4.38. The molecular formula is C27H27N3O4. The van der Waals surface area contributed by atoms with Crippen molar-refractivity contribution in [3.05, 3.63) is 89.5 Å². The molecule has 0 unspecified atom stereocenters. The number of amides is 3. The SMILES string of the molecule is CCN(C(=O)[C@H]1CCN(C(=O)c2ccc(OC)cc2)c2ccccc21)c1ccc(C(N)=O)cc1. The van der Waals surface area contributed by atoms with E-state index in [1.807, 2.05) is 31.2 Å². The first-order valence-corrected chi connectivity index (χ1v) is 11.2. The Balaban J connectivity index is 1.62. The molecule has 0 bridgehead atoms. The number of benzene rings is 3. The summed E-state index contributed by atoms with van der Waals surface area (Å²) >= 11 is 0. The highest BCUT2D eigenvalue weighted by atomic mass is 16.5. The second-order valence-corrected chi connectivity index (χ2v) is 8.08. The summed E-state index contributed by atoms with van der Waals surface area (Å²) in [6.45, 7) is 2.81. The van der Waals surface area contributed by atoms with Gasteiger partial charge in [-0.15, -0.1) is 0 Å². The van der Waals surface area contributed by atoms with Crippen LogP contribution in [0.2, 0.25) is 0 Å². The number of ether oxygens (including phenoxy) is 1. The van der Waals surface area contributed by atoms with Gasteiger partial charge in [0, 0.05) is 35.6 Å². The molecule has 1 aliphatic rings. The van der Waals surface area contributed by atoms with E-state index in [1.165, 1.54) is 0 Å². The first-order chi connectivity index (χ1) is 16.4. The number of nitrogens with zero attached hydrogens (tertiary/aromatic N) is 2. The van der Waals surface area contributed by atoms with Gasteiger partial charge in [0.2, 0.25) is 11.8 Å². The Bertz CT molecular complexity index is 1210. The van der Waals surface area contributed by atoms with Crippen LogP contribution in [0.3, 0.4) is 0 Å². The molecule has 7 heteroatoms. The van der Waals surface area contributed by atoms with Crippen LogP contribution in [0.1, 0.15) is 45.5 Å². The average Bonchev–Trinajstić information content (AvgIpc) is 2.88. The number of anilines is 2. The molecule has 0 fully saturated rings. The van der Waals surface area contributed by atoms with Gasteiger partial charge >= 0.3 is 0 Å². The van der Waals surface area contributed by atoms with Gasteiger partial charge in [0.1, 0.15) is 5.75 Å². The number of para-hydroxylation sites is 1. The maximum absolute atomic E-state index is 13.6. The number of likely N-dealkylation sites (N-methyl/N-ethyl adjacent to an activating group) is 1. The van der Waals surface area contributed by atoms with Crippen molar-refractivity contribution in [2.75, 3.05) is 30.0 Å². The zero-order chi connectivity index (χ0) is 24.2. The van der Waals surface area contributed by atoms with Gasteiger partial charge in [0.25, 0.3) is 5.91 Å². The molecule has 1 atom stereocenters. The Kier molecular flexibility index (Phi) is 6.63. The Labute approximate surface area is 198 Å². The molecule has 2 N–H and O–H groups in total. The lowest BCUT2D eigenvalue weighted by molar-refractivity contribution is -0.120. The Morgan fingerprint density at radius 2 is 1.62 bits per heavy atom. The predicted molar refractivity (Wildman–Crippen MR) is 131 cm³/mol. The van der Waals surface area contributed by atoms with E-state index in [-0.39, 0.29) is 17.7 Å². The van der Waals surface area contributed by atoms with Crippen molar-refractivity contribution in [3.63, 3.8) is 0 Å². The number of fused-ring (bicyclic) bond motifs is 1. The zero-order valence-electron chi connectivity index (χ0n) is 19.2. The van der Waals surface area contributed by atoms with Crippen LogP contribution >= 0.6 is 0 Å². The highest BCUT2D eigenvalue weighted by molar-refractivity contribution is 6.08.